The molecule has 4 aromatic heterocycles. The third-order valence-electron chi connectivity index (χ3n) is 14.0. The van der Waals surface area contributed by atoms with E-state index in [-0.39, 0.29) is 23.0 Å². The number of benzene rings is 2. The van der Waals surface area contributed by atoms with Gasteiger partial charge in [0.05, 0.1) is 64.8 Å². The highest BCUT2D eigenvalue weighted by molar-refractivity contribution is 7.18. The van der Waals surface area contributed by atoms with Crippen molar-refractivity contribution < 1.29 is 23.8 Å². The first-order valence-electron chi connectivity index (χ1n) is 26.5. The Bertz CT molecular complexity index is 2940. The Balaban J connectivity index is 0.683. The number of amides is 2. The van der Waals surface area contributed by atoms with Crippen molar-refractivity contribution in [2.75, 3.05) is 123 Å². The van der Waals surface area contributed by atoms with Crippen LogP contribution >= 0.6 is 45.9 Å². The fourth-order valence-corrected chi connectivity index (χ4v) is 11.0. The van der Waals surface area contributed by atoms with Crippen molar-refractivity contribution in [1.82, 2.24) is 39.7 Å². The number of ether oxygens (including phenoxy) is 3. The fourth-order valence-electron chi connectivity index (χ4n) is 8.98. The van der Waals surface area contributed by atoms with Crippen LogP contribution in [0.2, 0.25) is 10.0 Å². The molecule has 6 aromatic rings. The molecule has 2 aliphatic rings. The van der Waals surface area contributed by atoms with Crippen molar-refractivity contribution in [3.63, 3.8) is 0 Å². The number of carbonyl (C=O) groups excluding carboxylic acids is 2. The molecular weight excluding hydrogens is 1070 g/mol. The minimum Gasteiger partial charge on any atom is -0.380 e. The van der Waals surface area contributed by atoms with Gasteiger partial charge < -0.3 is 45.3 Å². The quantitative estimate of drug-likeness (QED) is 0.0394. The summed E-state index contributed by atoms with van der Waals surface area (Å²) in [5.74, 6) is 3.69. The second kappa shape index (κ2) is 27.0. The van der Waals surface area contributed by atoms with Crippen LogP contribution in [0.1, 0.15) is 89.1 Å². The van der Waals surface area contributed by atoms with E-state index in [4.69, 9.17) is 47.4 Å². The number of piperazine rings is 2. The zero-order chi connectivity index (χ0) is 55.4. The number of thiazole rings is 2. The first kappa shape index (κ1) is 58.5. The number of para-hydroxylation sites is 2. The molecule has 2 aromatic carbocycles. The Morgan fingerprint density at radius 1 is 0.615 bits per heavy atom. The summed E-state index contributed by atoms with van der Waals surface area (Å²) in [5, 5.41) is 14.4. The molecular formula is C55H72Cl2N14O5S2. The lowest BCUT2D eigenvalue weighted by Crippen LogP contribution is -2.48. The second-order valence-electron chi connectivity index (χ2n) is 20.4. The van der Waals surface area contributed by atoms with Gasteiger partial charge in [0.25, 0.3) is 11.8 Å². The van der Waals surface area contributed by atoms with Gasteiger partial charge in [0.1, 0.15) is 44.7 Å². The molecule has 6 heterocycles. The summed E-state index contributed by atoms with van der Waals surface area (Å²) < 4.78 is 19.1. The summed E-state index contributed by atoms with van der Waals surface area (Å²) >= 11 is 15.1. The zero-order valence-corrected chi connectivity index (χ0v) is 49.0. The van der Waals surface area contributed by atoms with E-state index in [0.29, 0.717) is 91.1 Å². The van der Waals surface area contributed by atoms with Crippen LogP contribution in [0.5, 0.6) is 0 Å². The second-order valence-corrected chi connectivity index (χ2v) is 23.3. The van der Waals surface area contributed by atoms with Gasteiger partial charge in [-0.25, -0.2) is 29.9 Å². The van der Waals surface area contributed by atoms with E-state index < -0.39 is 0 Å². The number of hydrogen-bond donors (Lipinski definition) is 4. The van der Waals surface area contributed by atoms with E-state index in [9.17, 15) is 9.59 Å². The van der Waals surface area contributed by atoms with Gasteiger partial charge in [-0.1, -0.05) is 77.1 Å². The van der Waals surface area contributed by atoms with Crippen molar-refractivity contribution in [3.05, 3.63) is 103 Å². The molecule has 2 saturated heterocycles. The van der Waals surface area contributed by atoms with Gasteiger partial charge in [-0.05, 0) is 91.0 Å². The lowest BCUT2D eigenvalue weighted by Gasteiger charge is -2.36. The number of nitrogens with one attached hydrogen (secondary N) is 4. The molecule has 418 valence electrons. The van der Waals surface area contributed by atoms with Crippen molar-refractivity contribution >= 4 is 103 Å². The Morgan fingerprint density at radius 3 is 1.55 bits per heavy atom. The third-order valence-corrected chi connectivity index (χ3v) is 16.5. The minimum absolute atomic E-state index is 0.274. The maximum atomic E-state index is 13.0. The van der Waals surface area contributed by atoms with Crippen molar-refractivity contribution in [3.8, 4) is 0 Å². The van der Waals surface area contributed by atoms with Crippen LogP contribution in [-0.2, 0) is 14.2 Å². The predicted octanol–water partition coefficient (Wildman–Crippen LogP) is 10.4. The number of aromatic nitrogens is 6. The smallest absolute Gasteiger partial charge is 0.267 e. The predicted molar refractivity (Wildman–Crippen MR) is 315 cm³/mol. The van der Waals surface area contributed by atoms with Crippen LogP contribution in [0.3, 0.4) is 0 Å². The summed E-state index contributed by atoms with van der Waals surface area (Å²) in [6.45, 7) is 27.3. The summed E-state index contributed by atoms with van der Waals surface area (Å²) in [4.78, 5) is 63.9. The molecule has 2 fully saturated rings. The summed E-state index contributed by atoms with van der Waals surface area (Å²) in [7, 11) is 0. The van der Waals surface area contributed by atoms with Gasteiger partial charge in [-0.2, -0.15) is 0 Å². The first-order valence-corrected chi connectivity index (χ1v) is 28.9. The SMILES string of the molecule is CCC(C)(CCOC(C)(C)CCOCCN1CCN(c2cc(Nc3ncc(C(=O)Nc4c(C)cccc4Cl)s3)nc(C)n2)CC1)OCCN1CCN(c2cc(Nc3ncc(C(=O)Nc4c(C)cccc4Cl)s3)nc(C)n2)CC1. The van der Waals surface area contributed by atoms with Crippen LogP contribution in [-0.4, -0.2) is 155 Å². The van der Waals surface area contributed by atoms with Crippen LogP contribution < -0.4 is 31.1 Å². The Morgan fingerprint density at radius 2 is 1.09 bits per heavy atom. The lowest BCUT2D eigenvalue weighted by molar-refractivity contribution is -0.0912. The number of aryl methyl sites for hydroxylation is 4. The molecule has 1 atom stereocenters. The standard InChI is InChI=1S/C55H72Cl2N14O5S2/c1-9-55(8,76-31-27-69-20-24-71(25-21-69)47-33-45(61-39(5)63-47)65-53-59-35-43(78-53)51(73)67-49-37(3)13-11-15-41(49)57)17-29-75-54(6,7)16-28-74-30-26-68-18-22-70(23-19-68)46-32-44(60-38(4)62-46)64-52-58-34-42(77-52)50(72)66-48-36(2)12-10-14-40(48)56/h10-15,32-35H,9,16-31H2,1-8H3,(H,66,72)(H,67,73)(H,58,60,62,64)(H,59,61,63,65). The van der Waals surface area contributed by atoms with E-state index in [1.54, 1.807) is 24.5 Å². The van der Waals surface area contributed by atoms with E-state index in [1.807, 2.05) is 64.1 Å². The Kier molecular flexibility index (Phi) is 20.3. The van der Waals surface area contributed by atoms with Gasteiger partial charge in [0, 0.05) is 84.2 Å². The molecule has 0 saturated carbocycles. The molecule has 2 aliphatic heterocycles. The number of anilines is 8. The van der Waals surface area contributed by atoms with Gasteiger partial charge in [-0.15, -0.1) is 0 Å². The van der Waals surface area contributed by atoms with Crippen molar-refractivity contribution in [2.45, 2.75) is 85.9 Å². The zero-order valence-electron chi connectivity index (χ0n) is 45.9. The van der Waals surface area contributed by atoms with E-state index in [1.165, 1.54) is 22.7 Å². The first-order chi connectivity index (χ1) is 37.4. The van der Waals surface area contributed by atoms with Crippen LogP contribution in [0.4, 0.5) is 44.9 Å². The molecule has 0 aliphatic carbocycles. The summed E-state index contributed by atoms with van der Waals surface area (Å²) in [6.07, 6.45) is 5.59. The number of carbonyl (C=O) groups is 2. The molecule has 23 heteroatoms. The van der Waals surface area contributed by atoms with E-state index in [2.05, 4.69) is 88.5 Å². The van der Waals surface area contributed by atoms with Gasteiger partial charge in [-0.3, -0.25) is 19.4 Å². The van der Waals surface area contributed by atoms with E-state index in [0.717, 1.165) is 107 Å². The van der Waals surface area contributed by atoms with Gasteiger partial charge >= 0.3 is 0 Å². The normalized spacial score (nSPS) is 15.3. The molecule has 4 N–H and O–H groups in total. The van der Waals surface area contributed by atoms with Crippen LogP contribution in [0.25, 0.3) is 0 Å². The maximum absolute atomic E-state index is 13.0. The number of hydrogen-bond acceptors (Lipinski definition) is 19. The number of halogens is 2. The Hall–Kier alpha value is -5.62. The topological polar surface area (TPSA) is 200 Å². The average molecular weight is 1140 g/mol. The highest BCUT2D eigenvalue weighted by Gasteiger charge is 2.28. The molecule has 1 unspecified atom stereocenters. The van der Waals surface area contributed by atoms with Gasteiger partial charge in [0.15, 0.2) is 10.3 Å². The third kappa shape index (κ3) is 16.5. The van der Waals surface area contributed by atoms with Crippen LogP contribution in [0, 0.1) is 27.7 Å². The lowest BCUT2D eigenvalue weighted by atomic mass is 9.99. The number of nitrogens with zero attached hydrogens (tertiary/aromatic N) is 10. The highest BCUT2D eigenvalue weighted by Crippen LogP contribution is 2.31. The Labute approximate surface area is 475 Å². The van der Waals surface area contributed by atoms with Gasteiger partial charge in [0.2, 0.25) is 0 Å². The molecule has 0 spiro atoms. The maximum Gasteiger partial charge on any atom is 0.267 e. The monoisotopic (exact) mass is 1140 g/mol. The molecule has 8 rings (SSSR count). The summed E-state index contributed by atoms with van der Waals surface area (Å²) in [6, 6.07) is 14.9. The molecule has 0 radical (unpaired) electrons. The molecule has 2 amide bonds. The minimum atomic E-state index is -0.324. The molecule has 0 bridgehead atoms. The number of rotatable bonds is 25. The van der Waals surface area contributed by atoms with Crippen LogP contribution in [0.15, 0.2) is 60.9 Å². The largest absolute Gasteiger partial charge is 0.380 e. The fraction of sp³-hybridized carbons (Fsp3) is 0.491. The molecule has 19 nitrogen and oxygen atoms in total. The average Bonchev–Trinajstić information content (AvgIpc) is 4.09. The molecule has 78 heavy (non-hydrogen) atoms. The highest BCUT2D eigenvalue weighted by atomic mass is 35.5. The van der Waals surface area contributed by atoms with E-state index >= 15 is 0 Å². The van der Waals surface area contributed by atoms with Crippen molar-refractivity contribution in [2.24, 2.45) is 0 Å². The van der Waals surface area contributed by atoms with Crippen molar-refractivity contribution in [1.29, 1.82) is 0 Å². The summed E-state index contributed by atoms with van der Waals surface area (Å²) in [5.41, 5.74) is 2.34.